The van der Waals surface area contributed by atoms with Gasteiger partial charge in [-0.05, 0) is 12.0 Å². The molecule has 0 bridgehead atoms. The normalized spacial score (nSPS) is 12.6. The molecular weight excluding hydrogens is 212 g/mol. The van der Waals surface area contributed by atoms with Crippen LogP contribution in [0.5, 0.6) is 0 Å². The number of aromatic nitrogens is 2. The van der Waals surface area contributed by atoms with Gasteiger partial charge < -0.3 is 5.11 Å². The van der Waals surface area contributed by atoms with Gasteiger partial charge in [-0.3, -0.25) is 0 Å². The van der Waals surface area contributed by atoms with Gasteiger partial charge in [0.1, 0.15) is 18.9 Å². The maximum absolute atomic E-state index is 9.85. The van der Waals surface area contributed by atoms with E-state index in [1.165, 1.54) is 5.56 Å². The van der Waals surface area contributed by atoms with Crippen LogP contribution >= 0.6 is 0 Å². The molecule has 0 aliphatic heterocycles. The van der Waals surface area contributed by atoms with Crippen LogP contribution in [0.25, 0.3) is 0 Å². The lowest BCUT2D eigenvalue weighted by Crippen LogP contribution is -2.31. The van der Waals surface area contributed by atoms with E-state index in [0.717, 1.165) is 19.4 Å². The molecule has 90 valence electrons. The van der Waals surface area contributed by atoms with Gasteiger partial charge in [-0.15, -0.1) is 0 Å². The van der Waals surface area contributed by atoms with Crippen LogP contribution in [0.15, 0.2) is 49.1 Å². The van der Waals surface area contributed by atoms with Gasteiger partial charge in [-0.25, -0.2) is 9.13 Å². The Kier molecular flexibility index (Phi) is 3.94. The number of imidazole rings is 1. The molecule has 0 fully saturated rings. The number of benzene rings is 1. The van der Waals surface area contributed by atoms with E-state index in [-0.39, 0.29) is 0 Å². The summed E-state index contributed by atoms with van der Waals surface area (Å²) in [6.07, 6.45) is 7.23. The highest BCUT2D eigenvalue weighted by Crippen LogP contribution is 2.08. The number of hydrogen-bond donors (Lipinski definition) is 1. The van der Waals surface area contributed by atoms with Crippen LogP contribution in [-0.2, 0) is 6.54 Å². The summed E-state index contributed by atoms with van der Waals surface area (Å²) in [5.74, 6) is 0. The first-order valence-corrected chi connectivity index (χ1v) is 6.08. The van der Waals surface area contributed by atoms with Crippen LogP contribution in [0, 0.1) is 0 Å². The Bertz CT molecular complexity index is 450. The third-order valence-corrected chi connectivity index (χ3v) is 2.81. The minimum Gasteiger partial charge on any atom is -0.355 e. The van der Waals surface area contributed by atoms with Crippen LogP contribution < -0.4 is 4.57 Å². The minimum atomic E-state index is -0.406. The second-order valence-corrected chi connectivity index (χ2v) is 4.29. The lowest BCUT2D eigenvalue weighted by atomic mass is 10.2. The SMILES string of the molecule is CCCC(O)n1cc[n+](Cc2ccccc2)c1. The first-order valence-electron chi connectivity index (χ1n) is 6.08. The second-order valence-electron chi connectivity index (χ2n) is 4.29. The zero-order chi connectivity index (χ0) is 12.1. The van der Waals surface area contributed by atoms with E-state index < -0.39 is 6.23 Å². The van der Waals surface area contributed by atoms with Crippen LogP contribution in [0.2, 0.25) is 0 Å². The van der Waals surface area contributed by atoms with Crippen molar-refractivity contribution in [2.45, 2.75) is 32.5 Å². The average Bonchev–Trinajstić information content (AvgIpc) is 2.79. The van der Waals surface area contributed by atoms with Crippen molar-refractivity contribution in [1.29, 1.82) is 0 Å². The third kappa shape index (κ3) is 3.17. The predicted octanol–water partition coefficient (Wildman–Crippen LogP) is 2.11. The lowest BCUT2D eigenvalue weighted by molar-refractivity contribution is -0.688. The largest absolute Gasteiger partial charge is 0.355 e. The Balaban J connectivity index is 2.04. The summed E-state index contributed by atoms with van der Waals surface area (Å²) in [6, 6.07) is 10.3. The fraction of sp³-hybridized carbons (Fsp3) is 0.357. The van der Waals surface area contributed by atoms with Crippen molar-refractivity contribution in [3.8, 4) is 0 Å². The minimum absolute atomic E-state index is 0.406. The first-order chi connectivity index (χ1) is 8.29. The van der Waals surface area contributed by atoms with Gasteiger partial charge in [-0.2, -0.15) is 0 Å². The number of rotatable bonds is 5. The van der Waals surface area contributed by atoms with Crippen molar-refractivity contribution in [3.63, 3.8) is 0 Å². The molecule has 0 aliphatic rings. The van der Waals surface area contributed by atoms with Gasteiger partial charge in [-0.1, -0.05) is 37.3 Å². The van der Waals surface area contributed by atoms with E-state index in [4.69, 9.17) is 0 Å². The van der Waals surface area contributed by atoms with Crippen molar-refractivity contribution >= 4 is 0 Å². The Morgan fingerprint density at radius 1 is 1.29 bits per heavy atom. The standard InChI is InChI=1S/C14H19N2O/c1-2-6-14(17)16-10-9-15(12-16)11-13-7-4-3-5-8-13/h3-5,7-10,12,14,17H,2,6,11H2,1H3/q+1. The molecule has 0 aliphatic carbocycles. The molecule has 1 atom stereocenters. The summed E-state index contributed by atoms with van der Waals surface area (Å²) >= 11 is 0. The van der Waals surface area contributed by atoms with Crippen molar-refractivity contribution in [2.75, 3.05) is 0 Å². The van der Waals surface area contributed by atoms with Crippen molar-refractivity contribution in [1.82, 2.24) is 4.57 Å². The molecule has 1 N–H and O–H groups in total. The Morgan fingerprint density at radius 3 is 2.76 bits per heavy atom. The number of hydrogen-bond acceptors (Lipinski definition) is 1. The maximum Gasteiger partial charge on any atom is 0.246 e. The Labute approximate surface area is 102 Å². The molecule has 2 rings (SSSR count). The fourth-order valence-corrected chi connectivity index (χ4v) is 1.88. The summed E-state index contributed by atoms with van der Waals surface area (Å²) in [5, 5.41) is 9.85. The van der Waals surface area contributed by atoms with Crippen LogP contribution in [0.1, 0.15) is 31.6 Å². The summed E-state index contributed by atoms with van der Waals surface area (Å²) in [5.41, 5.74) is 1.26. The van der Waals surface area contributed by atoms with Crippen molar-refractivity contribution in [3.05, 3.63) is 54.6 Å². The molecule has 2 aromatic rings. The molecule has 3 nitrogen and oxygen atoms in total. The molecule has 3 heteroatoms. The third-order valence-electron chi connectivity index (χ3n) is 2.81. The van der Waals surface area contributed by atoms with Crippen LogP contribution in [0.3, 0.4) is 0 Å². The van der Waals surface area contributed by atoms with Gasteiger partial charge in [0.05, 0.1) is 0 Å². The van der Waals surface area contributed by atoms with Crippen molar-refractivity contribution < 1.29 is 9.67 Å². The molecule has 1 aromatic heterocycles. The molecule has 0 radical (unpaired) electrons. The lowest BCUT2D eigenvalue weighted by Gasteiger charge is -2.03. The highest BCUT2D eigenvalue weighted by Gasteiger charge is 2.12. The highest BCUT2D eigenvalue weighted by atomic mass is 16.3. The van der Waals surface area contributed by atoms with E-state index >= 15 is 0 Å². The van der Waals surface area contributed by atoms with Crippen molar-refractivity contribution in [2.24, 2.45) is 0 Å². The van der Waals surface area contributed by atoms with E-state index in [1.807, 2.05) is 41.5 Å². The monoisotopic (exact) mass is 231 g/mol. The van der Waals surface area contributed by atoms with Gasteiger partial charge in [0.2, 0.25) is 6.33 Å². The first kappa shape index (κ1) is 11.9. The quantitative estimate of drug-likeness (QED) is 0.785. The predicted molar refractivity (Wildman–Crippen MR) is 66.3 cm³/mol. The molecule has 1 unspecified atom stereocenters. The van der Waals surface area contributed by atoms with Gasteiger partial charge in [0, 0.05) is 6.42 Å². The topological polar surface area (TPSA) is 29.0 Å². The highest BCUT2D eigenvalue weighted by molar-refractivity contribution is 5.13. The number of aliphatic hydroxyl groups is 1. The average molecular weight is 231 g/mol. The molecule has 0 saturated heterocycles. The second kappa shape index (κ2) is 5.64. The van der Waals surface area contributed by atoms with E-state index in [2.05, 4.69) is 23.6 Å². The van der Waals surface area contributed by atoms with Gasteiger partial charge in [0.15, 0.2) is 6.23 Å². The van der Waals surface area contributed by atoms with Gasteiger partial charge >= 0.3 is 0 Å². The number of aliphatic hydroxyl groups excluding tert-OH is 1. The smallest absolute Gasteiger partial charge is 0.246 e. The molecular formula is C14H19N2O+. The Morgan fingerprint density at radius 2 is 2.06 bits per heavy atom. The van der Waals surface area contributed by atoms with E-state index in [1.54, 1.807) is 0 Å². The molecule has 0 saturated carbocycles. The molecule has 0 amide bonds. The zero-order valence-corrected chi connectivity index (χ0v) is 10.2. The zero-order valence-electron chi connectivity index (χ0n) is 10.2. The summed E-state index contributed by atoms with van der Waals surface area (Å²) in [7, 11) is 0. The van der Waals surface area contributed by atoms with Crippen LogP contribution in [0.4, 0.5) is 0 Å². The van der Waals surface area contributed by atoms with E-state index in [0.29, 0.717) is 0 Å². The Hall–Kier alpha value is -1.61. The van der Waals surface area contributed by atoms with Gasteiger partial charge in [0.25, 0.3) is 0 Å². The van der Waals surface area contributed by atoms with E-state index in [9.17, 15) is 5.11 Å². The summed E-state index contributed by atoms with van der Waals surface area (Å²) in [4.78, 5) is 0. The maximum atomic E-state index is 9.85. The molecule has 17 heavy (non-hydrogen) atoms. The summed E-state index contributed by atoms with van der Waals surface area (Å²) in [6.45, 7) is 2.91. The summed E-state index contributed by atoms with van der Waals surface area (Å²) < 4.78 is 3.93. The molecule has 1 aromatic carbocycles. The fourth-order valence-electron chi connectivity index (χ4n) is 1.88. The molecule has 0 spiro atoms. The molecule has 1 heterocycles. The van der Waals surface area contributed by atoms with Crippen LogP contribution in [-0.4, -0.2) is 9.67 Å². The number of nitrogens with zero attached hydrogens (tertiary/aromatic N) is 2.